The Hall–Kier alpha value is -2.35. The fourth-order valence-corrected chi connectivity index (χ4v) is 3.56. The lowest BCUT2D eigenvalue weighted by molar-refractivity contribution is -0.323. The second kappa shape index (κ2) is 6.42. The summed E-state index contributed by atoms with van der Waals surface area (Å²) < 4.78 is 40.6. The van der Waals surface area contributed by atoms with Crippen LogP contribution in [0, 0.1) is 0 Å². The van der Waals surface area contributed by atoms with E-state index in [0.717, 1.165) is 28.1 Å². The van der Waals surface area contributed by atoms with Gasteiger partial charge in [-0.25, -0.2) is 9.97 Å². The minimum Gasteiger partial charge on any atom is -0.383 e. The van der Waals surface area contributed by atoms with E-state index in [0.29, 0.717) is 12.2 Å². The normalized spacial score (nSPS) is 15.3. The van der Waals surface area contributed by atoms with Gasteiger partial charge < -0.3 is 10.6 Å². The molecule has 0 saturated heterocycles. The van der Waals surface area contributed by atoms with Gasteiger partial charge in [0.2, 0.25) is 0 Å². The highest BCUT2D eigenvalue weighted by Gasteiger charge is 2.36. The second-order valence-electron chi connectivity index (χ2n) is 7.06. The molecule has 1 aliphatic rings. The number of benzene rings is 1. The zero-order valence-corrected chi connectivity index (χ0v) is 14.9. The zero-order chi connectivity index (χ0) is 19.1. The Kier molecular flexibility index (Phi) is 4.56. The van der Waals surface area contributed by atoms with Gasteiger partial charge >= 0.3 is 6.36 Å². The minimum absolute atomic E-state index is 0.120. The van der Waals surface area contributed by atoms with Gasteiger partial charge in [0.15, 0.2) is 0 Å². The van der Waals surface area contributed by atoms with Crippen molar-refractivity contribution in [2.45, 2.75) is 32.0 Å². The summed E-state index contributed by atoms with van der Waals surface area (Å²) in [7, 11) is 1.76. The number of fused-ring (bicyclic) bond motifs is 3. The van der Waals surface area contributed by atoms with Crippen LogP contribution in [0.3, 0.4) is 0 Å². The molecule has 1 heterocycles. The van der Waals surface area contributed by atoms with E-state index in [2.05, 4.69) is 28.6 Å². The SMILES string of the molecule is CN(CCOC(F)(F)F)c1cccc2c1CC(C)(C)c1c(N)ncnc1-2. The summed E-state index contributed by atoms with van der Waals surface area (Å²) in [5.41, 5.74) is 10.3. The molecule has 2 aromatic rings. The number of alkyl halides is 3. The van der Waals surface area contributed by atoms with Gasteiger partial charge in [0.05, 0.1) is 12.3 Å². The average molecular weight is 366 g/mol. The van der Waals surface area contributed by atoms with Crippen molar-refractivity contribution in [3.63, 3.8) is 0 Å². The molecule has 0 bridgehead atoms. The highest BCUT2D eigenvalue weighted by Crippen LogP contribution is 2.46. The van der Waals surface area contributed by atoms with E-state index < -0.39 is 13.0 Å². The van der Waals surface area contributed by atoms with Crippen LogP contribution in [0.5, 0.6) is 0 Å². The van der Waals surface area contributed by atoms with Gasteiger partial charge in [-0.05, 0) is 23.5 Å². The van der Waals surface area contributed by atoms with E-state index in [9.17, 15) is 13.2 Å². The Balaban J connectivity index is 1.97. The molecule has 1 aromatic carbocycles. The maximum absolute atomic E-state index is 12.2. The summed E-state index contributed by atoms with van der Waals surface area (Å²) >= 11 is 0. The molecule has 1 aromatic heterocycles. The summed E-state index contributed by atoms with van der Waals surface area (Å²) in [4.78, 5) is 10.3. The molecule has 1 aliphatic carbocycles. The van der Waals surface area contributed by atoms with Crippen molar-refractivity contribution in [1.29, 1.82) is 0 Å². The van der Waals surface area contributed by atoms with Crippen LogP contribution in [0.4, 0.5) is 24.7 Å². The number of nitrogens with two attached hydrogens (primary N) is 1. The molecular weight excluding hydrogens is 345 g/mol. The van der Waals surface area contributed by atoms with Gasteiger partial charge in [-0.1, -0.05) is 26.0 Å². The van der Waals surface area contributed by atoms with E-state index in [1.807, 2.05) is 18.2 Å². The Morgan fingerprint density at radius 2 is 2.00 bits per heavy atom. The van der Waals surface area contributed by atoms with Gasteiger partial charge in [-0.15, -0.1) is 13.2 Å². The van der Waals surface area contributed by atoms with Crippen LogP contribution in [0.2, 0.25) is 0 Å². The lowest BCUT2D eigenvalue weighted by atomic mass is 9.71. The van der Waals surface area contributed by atoms with Crippen LogP contribution in [-0.4, -0.2) is 36.5 Å². The van der Waals surface area contributed by atoms with Crippen molar-refractivity contribution in [2.75, 3.05) is 30.8 Å². The van der Waals surface area contributed by atoms with Crippen LogP contribution in [-0.2, 0) is 16.6 Å². The first kappa shape index (κ1) is 18.4. The van der Waals surface area contributed by atoms with Gasteiger partial charge in [0.1, 0.15) is 12.1 Å². The molecule has 0 fully saturated rings. The number of aromatic nitrogens is 2. The van der Waals surface area contributed by atoms with Gasteiger partial charge in [-0.2, -0.15) is 0 Å². The Morgan fingerprint density at radius 3 is 2.69 bits per heavy atom. The van der Waals surface area contributed by atoms with Gasteiger partial charge in [0.25, 0.3) is 0 Å². The topological polar surface area (TPSA) is 64.3 Å². The fourth-order valence-electron chi connectivity index (χ4n) is 3.56. The lowest BCUT2D eigenvalue weighted by Crippen LogP contribution is -2.31. The molecular formula is C18H21F3N4O. The van der Waals surface area contributed by atoms with Crippen molar-refractivity contribution in [3.8, 4) is 11.3 Å². The molecule has 0 amide bonds. The summed E-state index contributed by atoms with van der Waals surface area (Å²) in [5.74, 6) is 0.461. The number of hydrogen-bond acceptors (Lipinski definition) is 5. The predicted octanol–water partition coefficient (Wildman–Crippen LogP) is 3.53. The first-order valence-corrected chi connectivity index (χ1v) is 8.25. The number of nitrogens with zero attached hydrogens (tertiary/aromatic N) is 3. The standard InChI is InChI=1S/C18H21F3N4O/c1-17(2)9-12-11(15-14(17)16(22)24-10-23-15)5-4-6-13(12)25(3)7-8-26-18(19,20)21/h4-6,10H,7-9H2,1-3H3,(H2,22,23,24). The fraction of sp³-hybridized carbons (Fsp3) is 0.444. The molecule has 0 aliphatic heterocycles. The molecule has 140 valence electrons. The van der Waals surface area contributed by atoms with Crippen LogP contribution < -0.4 is 10.6 Å². The van der Waals surface area contributed by atoms with Crippen LogP contribution in [0.1, 0.15) is 25.0 Å². The van der Waals surface area contributed by atoms with E-state index in [1.54, 1.807) is 11.9 Å². The number of hydrogen-bond donors (Lipinski definition) is 1. The number of likely N-dealkylation sites (N-methyl/N-ethyl adjacent to an activating group) is 1. The number of ether oxygens (including phenoxy) is 1. The molecule has 8 heteroatoms. The third kappa shape index (κ3) is 3.46. The van der Waals surface area contributed by atoms with Crippen LogP contribution >= 0.6 is 0 Å². The van der Waals surface area contributed by atoms with Crippen molar-refractivity contribution in [3.05, 3.63) is 35.7 Å². The van der Waals surface area contributed by atoms with Crippen molar-refractivity contribution in [1.82, 2.24) is 9.97 Å². The largest absolute Gasteiger partial charge is 0.522 e. The summed E-state index contributed by atoms with van der Waals surface area (Å²) in [6.45, 7) is 3.82. The second-order valence-corrected chi connectivity index (χ2v) is 7.06. The zero-order valence-electron chi connectivity index (χ0n) is 14.9. The quantitative estimate of drug-likeness (QED) is 0.897. The minimum atomic E-state index is -4.62. The molecule has 2 N–H and O–H groups in total. The summed E-state index contributed by atoms with van der Waals surface area (Å²) in [6, 6.07) is 5.73. The van der Waals surface area contributed by atoms with Gasteiger partial charge in [0, 0.05) is 30.4 Å². The summed E-state index contributed by atoms with van der Waals surface area (Å²) in [6.07, 6.45) is -2.49. The molecule has 0 saturated carbocycles. The van der Waals surface area contributed by atoms with Crippen LogP contribution in [0.15, 0.2) is 24.5 Å². The van der Waals surface area contributed by atoms with Crippen molar-refractivity contribution < 1.29 is 17.9 Å². The molecule has 0 spiro atoms. The first-order valence-electron chi connectivity index (χ1n) is 8.25. The average Bonchev–Trinajstić information content (AvgIpc) is 2.52. The van der Waals surface area contributed by atoms with Crippen molar-refractivity contribution in [2.24, 2.45) is 0 Å². The van der Waals surface area contributed by atoms with Crippen molar-refractivity contribution >= 4 is 11.5 Å². The van der Waals surface area contributed by atoms with E-state index in [4.69, 9.17) is 5.73 Å². The Bertz CT molecular complexity index is 821. The Morgan fingerprint density at radius 1 is 1.27 bits per heavy atom. The number of halogens is 3. The lowest BCUT2D eigenvalue weighted by Gasteiger charge is -2.36. The maximum atomic E-state index is 12.2. The highest BCUT2D eigenvalue weighted by molar-refractivity contribution is 5.80. The molecule has 0 radical (unpaired) electrons. The number of nitrogen functional groups attached to an aromatic ring is 1. The highest BCUT2D eigenvalue weighted by atomic mass is 19.4. The monoisotopic (exact) mass is 366 g/mol. The summed E-state index contributed by atoms with van der Waals surface area (Å²) in [5, 5.41) is 0. The molecule has 3 rings (SSSR count). The molecule has 26 heavy (non-hydrogen) atoms. The number of rotatable bonds is 4. The maximum Gasteiger partial charge on any atom is 0.522 e. The Labute approximate surface area is 150 Å². The smallest absolute Gasteiger partial charge is 0.383 e. The predicted molar refractivity (Wildman–Crippen MR) is 93.9 cm³/mol. The molecule has 0 unspecified atom stereocenters. The third-order valence-corrected chi connectivity index (χ3v) is 4.68. The molecule has 5 nitrogen and oxygen atoms in total. The van der Waals surface area contributed by atoms with E-state index >= 15 is 0 Å². The third-order valence-electron chi connectivity index (χ3n) is 4.68. The first-order chi connectivity index (χ1) is 12.1. The van der Waals surface area contributed by atoms with E-state index in [-0.39, 0.29) is 12.0 Å². The molecule has 0 atom stereocenters. The van der Waals surface area contributed by atoms with E-state index in [1.165, 1.54) is 6.33 Å². The van der Waals surface area contributed by atoms with Crippen LogP contribution in [0.25, 0.3) is 11.3 Å². The van der Waals surface area contributed by atoms with Gasteiger partial charge in [-0.3, -0.25) is 4.74 Å². The number of anilines is 2.